The van der Waals surface area contributed by atoms with Crippen molar-refractivity contribution in [3.8, 4) is 0 Å². The Balaban J connectivity index is 1.81. The van der Waals surface area contributed by atoms with Gasteiger partial charge in [0.25, 0.3) is 0 Å². The normalized spacial score (nSPS) is 19.3. The van der Waals surface area contributed by atoms with Crippen LogP contribution in [0.15, 0.2) is 16.5 Å². The minimum Gasteiger partial charge on any atom is -0.465 e. The second-order valence-electron chi connectivity index (χ2n) is 6.87. The number of piperidine rings is 1. The summed E-state index contributed by atoms with van der Waals surface area (Å²) in [4.78, 5) is 13.9. The molecule has 1 N–H and O–H groups in total. The molecule has 0 aliphatic carbocycles. The molecule has 0 bridgehead atoms. The second-order valence-corrected chi connectivity index (χ2v) is 6.87. The van der Waals surface area contributed by atoms with Gasteiger partial charge < -0.3 is 19.4 Å². The van der Waals surface area contributed by atoms with E-state index in [4.69, 9.17) is 9.15 Å². The maximum Gasteiger partial charge on any atom is 0.410 e. The average molecular weight is 308 g/mol. The molecule has 1 aliphatic rings. The van der Waals surface area contributed by atoms with Crippen LogP contribution < -0.4 is 5.32 Å². The number of carbonyl (C=O) groups is 1. The molecule has 22 heavy (non-hydrogen) atoms. The molecule has 1 aliphatic heterocycles. The van der Waals surface area contributed by atoms with Crippen molar-refractivity contribution in [3.63, 3.8) is 0 Å². The minimum atomic E-state index is -0.442. The predicted octanol–water partition coefficient (Wildman–Crippen LogP) is 3.33. The summed E-state index contributed by atoms with van der Waals surface area (Å²) in [6.45, 7) is 9.93. The number of furan rings is 1. The molecule has 1 saturated heterocycles. The molecule has 1 atom stereocenters. The number of amides is 1. The van der Waals surface area contributed by atoms with E-state index < -0.39 is 5.60 Å². The zero-order valence-electron chi connectivity index (χ0n) is 14.1. The topological polar surface area (TPSA) is 54.7 Å². The van der Waals surface area contributed by atoms with Crippen molar-refractivity contribution >= 4 is 6.09 Å². The predicted molar refractivity (Wildman–Crippen MR) is 85.8 cm³/mol. The Morgan fingerprint density at radius 1 is 1.41 bits per heavy atom. The number of hydrogen-bond donors (Lipinski definition) is 1. The van der Waals surface area contributed by atoms with E-state index in [1.54, 1.807) is 4.90 Å². The molecular weight excluding hydrogens is 280 g/mol. The maximum absolute atomic E-state index is 12.1. The fourth-order valence-corrected chi connectivity index (χ4v) is 2.59. The van der Waals surface area contributed by atoms with Crippen LogP contribution in [0.25, 0.3) is 0 Å². The molecule has 2 rings (SSSR count). The fraction of sp³-hybridized carbons (Fsp3) is 0.706. The number of aryl methyl sites for hydroxylation is 1. The van der Waals surface area contributed by atoms with Gasteiger partial charge in [-0.3, -0.25) is 0 Å². The lowest BCUT2D eigenvalue weighted by molar-refractivity contribution is 0.0186. The van der Waals surface area contributed by atoms with Crippen molar-refractivity contribution < 1.29 is 13.9 Å². The number of nitrogens with zero attached hydrogens (tertiary/aromatic N) is 1. The monoisotopic (exact) mass is 308 g/mol. The molecule has 1 aromatic heterocycles. The quantitative estimate of drug-likeness (QED) is 0.927. The second kappa shape index (κ2) is 7.18. The van der Waals surface area contributed by atoms with Gasteiger partial charge in [-0.1, -0.05) is 6.92 Å². The lowest BCUT2D eigenvalue weighted by Gasteiger charge is -2.34. The van der Waals surface area contributed by atoms with E-state index in [0.717, 1.165) is 37.3 Å². The third kappa shape index (κ3) is 5.05. The third-order valence-electron chi connectivity index (χ3n) is 3.70. The van der Waals surface area contributed by atoms with Gasteiger partial charge in [-0.2, -0.15) is 0 Å². The van der Waals surface area contributed by atoms with Gasteiger partial charge in [-0.15, -0.1) is 0 Å². The van der Waals surface area contributed by atoms with Gasteiger partial charge in [-0.25, -0.2) is 4.79 Å². The molecule has 2 heterocycles. The van der Waals surface area contributed by atoms with Gasteiger partial charge in [0.05, 0.1) is 6.54 Å². The lowest BCUT2D eigenvalue weighted by Crippen LogP contribution is -2.49. The van der Waals surface area contributed by atoms with Crippen molar-refractivity contribution in [1.82, 2.24) is 10.2 Å². The summed E-state index contributed by atoms with van der Waals surface area (Å²) in [6.07, 6.45) is 2.76. The molecule has 1 amide bonds. The molecular formula is C17H28N2O3. The summed E-state index contributed by atoms with van der Waals surface area (Å²) in [5.74, 6) is 1.96. The molecule has 1 aromatic rings. The third-order valence-corrected chi connectivity index (χ3v) is 3.70. The van der Waals surface area contributed by atoms with Crippen molar-refractivity contribution in [2.45, 2.75) is 65.1 Å². The van der Waals surface area contributed by atoms with Crippen LogP contribution in [-0.4, -0.2) is 35.7 Å². The molecule has 5 nitrogen and oxygen atoms in total. The molecule has 0 aromatic carbocycles. The van der Waals surface area contributed by atoms with E-state index in [1.807, 2.05) is 32.9 Å². The molecule has 0 radical (unpaired) electrons. The Morgan fingerprint density at radius 3 is 2.77 bits per heavy atom. The van der Waals surface area contributed by atoms with Crippen LogP contribution in [0.2, 0.25) is 0 Å². The smallest absolute Gasteiger partial charge is 0.410 e. The summed E-state index contributed by atoms with van der Waals surface area (Å²) in [5.41, 5.74) is -0.442. The highest BCUT2D eigenvalue weighted by atomic mass is 16.6. The van der Waals surface area contributed by atoms with E-state index in [-0.39, 0.29) is 12.1 Å². The summed E-state index contributed by atoms with van der Waals surface area (Å²) < 4.78 is 11.1. The Morgan fingerprint density at radius 2 is 2.14 bits per heavy atom. The fourth-order valence-electron chi connectivity index (χ4n) is 2.59. The molecule has 0 spiro atoms. The Kier molecular flexibility index (Phi) is 5.51. The highest BCUT2D eigenvalue weighted by Gasteiger charge is 2.27. The first-order valence-corrected chi connectivity index (χ1v) is 8.16. The lowest BCUT2D eigenvalue weighted by atomic mass is 10.1. The number of hydrogen-bond acceptors (Lipinski definition) is 4. The first-order chi connectivity index (χ1) is 10.4. The zero-order chi connectivity index (χ0) is 16.2. The number of carbonyl (C=O) groups excluding carboxylic acids is 1. The first-order valence-electron chi connectivity index (χ1n) is 8.16. The summed E-state index contributed by atoms with van der Waals surface area (Å²) in [7, 11) is 0. The van der Waals surface area contributed by atoms with E-state index >= 15 is 0 Å². The van der Waals surface area contributed by atoms with Crippen LogP contribution in [0.1, 0.15) is 52.1 Å². The minimum absolute atomic E-state index is 0.217. The highest BCUT2D eigenvalue weighted by Crippen LogP contribution is 2.16. The Bertz CT molecular complexity index is 490. The van der Waals surface area contributed by atoms with Crippen molar-refractivity contribution in [3.05, 3.63) is 23.7 Å². The van der Waals surface area contributed by atoms with Crippen LogP contribution in [0.4, 0.5) is 4.79 Å². The van der Waals surface area contributed by atoms with Gasteiger partial charge in [0, 0.05) is 25.6 Å². The number of likely N-dealkylation sites (tertiary alicyclic amines) is 1. The van der Waals surface area contributed by atoms with Crippen LogP contribution in [0.5, 0.6) is 0 Å². The molecule has 1 fully saturated rings. The van der Waals surface area contributed by atoms with Gasteiger partial charge in [0.15, 0.2) is 0 Å². The highest BCUT2D eigenvalue weighted by molar-refractivity contribution is 5.68. The van der Waals surface area contributed by atoms with Gasteiger partial charge in [0.1, 0.15) is 17.1 Å². The molecule has 124 valence electrons. The summed E-state index contributed by atoms with van der Waals surface area (Å²) >= 11 is 0. The van der Waals surface area contributed by atoms with E-state index in [1.165, 1.54) is 0 Å². The summed E-state index contributed by atoms with van der Waals surface area (Å²) in [5, 5.41) is 3.48. The number of ether oxygens (including phenoxy) is 1. The van der Waals surface area contributed by atoms with E-state index in [2.05, 4.69) is 12.2 Å². The Labute approximate surface area is 133 Å². The molecule has 1 unspecified atom stereocenters. The molecule has 0 saturated carbocycles. The maximum atomic E-state index is 12.1. The van der Waals surface area contributed by atoms with Gasteiger partial charge >= 0.3 is 6.09 Å². The first kappa shape index (κ1) is 16.9. The summed E-state index contributed by atoms with van der Waals surface area (Å²) in [6, 6.07) is 4.32. The van der Waals surface area contributed by atoms with E-state index in [9.17, 15) is 4.79 Å². The largest absolute Gasteiger partial charge is 0.465 e. The number of nitrogens with one attached hydrogen (secondary N) is 1. The van der Waals surface area contributed by atoms with Crippen molar-refractivity contribution in [1.29, 1.82) is 0 Å². The van der Waals surface area contributed by atoms with Gasteiger partial charge in [-0.05, 0) is 45.7 Å². The number of rotatable bonds is 4. The van der Waals surface area contributed by atoms with Crippen molar-refractivity contribution in [2.75, 3.05) is 13.1 Å². The van der Waals surface area contributed by atoms with Gasteiger partial charge in [0.2, 0.25) is 0 Å². The van der Waals surface area contributed by atoms with Crippen molar-refractivity contribution in [2.24, 2.45) is 0 Å². The van der Waals surface area contributed by atoms with Crippen LogP contribution in [-0.2, 0) is 17.7 Å². The van der Waals surface area contributed by atoms with E-state index in [0.29, 0.717) is 13.1 Å². The standard InChI is InChI=1S/C17H28N2O3/c1-5-14-8-9-15(21-14)11-18-13-7-6-10-19(12-13)16(20)22-17(2,3)4/h8-9,13,18H,5-7,10-12H2,1-4H3. The Hall–Kier alpha value is -1.49. The average Bonchev–Trinajstić information content (AvgIpc) is 2.92. The SMILES string of the molecule is CCc1ccc(CNC2CCCN(C(=O)OC(C)(C)C)C2)o1. The van der Waals surface area contributed by atoms with Crippen LogP contribution in [0.3, 0.4) is 0 Å². The van der Waals surface area contributed by atoms with Crippen LogP contribution >= 0.6 is 0 Å². The molecule has 5 heteroatoms. The van der Waals surface area contributed by atoms with Crippen LogP contribution in [0, 0.1) is 0 Å². The zero-order valence-corrected chi connectivity index (χ0v) is 14.1.